The predicted octanol–water partition coefficient (Wildman–Crippen LogP) is 4.95. The fourth-order valence-corrected chi connectivity index (χ4v) is 3.20. The van der Waals surface area contributed by atoms with Gasteiger partial charge in [-0.05, 0) is 36.8 Å². The third-order valence-electron chi connectivity index (χ3n) is 4.68. The fraction of sp³-hybridized carbons (Fsp3) is 0.300. The van der Waals surface area contributed by atoms with Gasteiger partial charge in [0.25, 0.3) is 5.91 Å². The van der Waals surface area contributed by atoms with Gasteiger partial charge in [0.05, 0.1) is 16.7 Å². The van der Waals surface area contributed by atoms with Crippen molar-refractivity contribution >= 4 is 17.5 Å². The van der Waals surface area contributed by atoms with E-state index < -0.39 is 41.6 Å². The molecule has 0 saturated carbocycles. The lowest BCUT2D eigenvalue weighted by atomic mass is 10.1. The largest absolute Gasteiger partial charge is 0.417 e. The third-order valence-corrected chi connectivity index (χ3v) is 4.68. The molecule has 2 amide bonds. The molecule has 0 N–H and O–H groups in total. The lowest BCUT2D eigenvalue weighted by molar-refractivity contribution is -0.138. The minimum absolute atomic E-state index is 0.198. The number of halogens is 6. The van der Waals surface area contributed by atoms with Crippen LogP contribution in [0.5, 0.6) is 0 Å². The van der Waals surface area contributed by atoms with Crippen molar-refractivity contribution < 1.29 is 35.9 Å². The van der Waals surface area contributed by atoms with E-state index in [4.69, 9.17) is 0 Å². The Kier molecular flexibility index (Phi) is 5.78. The van der Waals surface area contributed by atoms with Crippen LogP contribution in [0.25, 0.3) is 0 Å². The van der Waals surface area contributed by atoms with Gasteiger partial charge in [0.15, 0.2) is 0 Å². The third kappa shape index (κ3) is 4.58. The van der Waals surface area contributed by atoms with Crippen molar-refractivity contribution in [3.8, 4) is 0 Å². The van der Waals surface area contributed by atoms with Crippen molar-refractivity contribution in [3.05, 3.63) is 65.2 Å². The summed E-state index contributed by atoms with van der Waals surface area (Å²) < 4.78 is 79.5. The summed E-state index contributed by atoms with van der Waals surface area (Å²) in [6.07, 6.45) is -8.86. The summed E-state index contributed by atoms with van der Waals surface area (Å²) in [6.45, 7) is -0.201. The zero-order valence-electron chi connectivity index (χ0n) is 15.4. The summed E-state index contributed by atoms with van der Waals surface area (Å²) in [5.41, 5.74) is -3.24. The Morgan fingerprint density at radius 3 is 2.27 bits per heavy atom. The molecule has 0 unspecified atom stereocenters. The number of carbonyl (C=O) groups excluding carboxylic acids is 2. The number of hydrogen-bond acceptors (Lipinski definition) is 2. The minimum atomic E-state index is -4.84. The van der Waals surface area contributed by atoms with Crippen molar-refractivity contribution in [1.82, 2.24) is 4.90 Å². The molecular formula is C20H16F6N2O2. The Labute approximate surface area is 167 Å². The first-order valence-corrected chi connectivity index (χ1v) is 8.91. The molecular weight excluding hydrogens is 414 g/mol. The lowest BCUT2D eigenvalue weighted by Crippen LogP contribution is -2.43. The number of carbonyl (C=O) groups is 2. The zero-order valence-corrected chi connectivity index (χ0v) is 15.4. The molecule has 160 valence electrons. The lowest BCUT2D eigenvalue weighted by Gasteiger charge is -2.29. The van der Waals surface area contributed by atoms with Crippen LogP contribution < -0.4 is 4.90 Å². The maximum absolute atomic E-state index is 13.4. The second kappa shape index (κ2) is 8.00. The van der Waals surface area contributed by atoms with Crippen LogP contribution in [0.15, 0.2) is 48.5 Å². The molecule has 0 aromatic heterocycles. The molecule has 1 heterocycles. The smallest absolute Gasteiger partial charge is 0.324 e. The SMILES string of the molecule is O=C1CCCN1CN(C(=O)c1ccccc1C(F)(F)F)c1cccc(C(F)(F)F)c1. The quantitative estimate of drug-likeness (QED) is 0.644. The van der Waals surface area contributed by atoms with Crippen molar-refractivity contribution in [2.24, 2.45) is 0 Å². The first-order chi connectivity index (χ1) is 14.0. The number of hydrogen-bond donors (Lipinski definition) is 0. The molecule has 2 aromatic rings. The van der Waals surface area contributed by atoms with Gasteiger partial charge < -0.3 is 4.90 Å². The number of benzene rings is 2. The second-order valence-corrected chi connectivity index (χ2v) is 6.73. The van der Waals surface area contributed by atoms with Gasteiger partial charge >= 0.3 is 12.4 Å². The topological polar surface area (TPSA) is 40.6 Å². The van der Waals surface area contributed by atoms with Crippen molar-refractivity contribution in [2.45, 2.75) is 25.2 Å². The highest BCUT2D eigenvalue weighted by Gasteiger charge is 2.37. The second-order valence-electron chi connectivity index (χ2n) is 6.73. The average Bonchev–Trinajstić information content (AvgIpc) is 3.09. The Bertz CT molecular complexity index is 955. The van der Waals surface area contributed by atoms with Crippen LogP contribution in [0, 0.1) is 0 Å². The van der Waals surface area contributed by atoms with E-state index in [9.17, 15) is 35.9 Å². The number of rotatable bonds is 4. The van der Waals surface area contributed by atoms with Gasteiger partial charge in [0, 0.05) is 18.7 Å². The molecule has 0 atom stereocenters. The molecule has 3 rings (SSSR count). The summed E-state index contributed by atoms with van der Waals surface area (Å²) in [5.74, 6) is -1.48. The number of nitrogens with zero attached hydrogens (tertiary/aromatic N) is 2. The summed E-state index contributed by atoms with van der Waals surface area (Å²) in [6, 6.07) is 7.72. The van der Waals surface area contributed by atoms with Gasteiger partial charge in [-0.25, -0.2) is 0 Å². The Balaban J connectivity index is 2.07. The van der Waals surface area contributed by atoms with Crippen LogP contribution in [0.1, 0.15) is 34.3 Å². The fourth-order valence-electron chi connectivity index (χ4n) is 3.20. The molecule has 1 saturated heterocycles. The summed E-state index contributed by atoms with van der Waals surface area (Å²) >= 11 is 0. The van der Waals surface area contributed by atoms with E-state index in [0.717, 1.165) is 35.2 Å². The number of amides is 2. The average molecular weight is 430 g/mol. The summed E-state index contributed by atoms with van der Waals surface area (Å²) in [7, 11) is 0. The van der Waals surface area contributed by atoms with E-state index in [1.807, 2.05) is 0 Å². The maximum Gasteiger partial charge on any atom is 0.417 e. The molecule has 4 nitrogen and oxygen atoms in total. The molecule has 2 aromatic carbocycles. The van der Waals surface area contributed by atoms with Crippen LogP contribution in [0.4, 0.5) is 32.0 Å². The standard InChI is InChI=1S/C20H16F6N2O2/c21-19(22,23)13-5-3-6-14(11-13)28(12-27-10-4-9-17(27)29)18(30)15-7-1-2-8-16(15)20(24,25)26/h1-3,5-8,11H,4,9-10,12H2. The highest BCUT2D eigenvalue weighted by atomic mass is 19.4. The summed E-state index contributed by atoms with van der Waals surface area (Å²) in [5, 5.41) is 0. The molecule has 1 aliphatic rings. The van der Waals surface area contributed by atoms with Crippen molar-refractivity contribution in [3.63, 3.8) is 0 Å². The Morgan fingerprint density at radius 1 is 0.967 bits per heavy atom. The minimum Gasteiger partial charge on any atom is -0.324 e. The van der Waals surface area contributed by atoms with Crippen molar-refractivity contribution in [1.29, 1.82) is 0 Å². The van der Waals surface area contributed by atoms with E-state index in [1.54, 1.807) is 0 Å². The first kappa shape index (κ1) is 21.7. The monoisotopic (exact) mass is 430 g/mol. The molecule has 10 heteroatoms. The zero-order chi connectivity index (χ0) is 22.1. The predicted molar refractivity (Wildman–Crippen MR) is 95.5 cm³/mol. The normalized spacial score (nSPS) is 14.9. The van der Waals surface area contributed by atoms with E-state index >= 15 is 0 Å². The van der Waals surface area contributed by atoms with Gasteiger partial charge in [-0.15, -0.1) is 0 Å². The molecule has 0 spiro atoms. The first-order valence-electron chi connectivity index (χ1n) is 8.91. The van der Waals surface area contributed by atoms with E-state index in [-0.39, 0.29) is 24.6 Å². The number of likely N-dealkylation sites (tertiary alicyclic amines) is 1. The van der Waals surface area contributed by atoms with Crippen LogP contribution in [0.3, 0.4) is 0 Å². The molecule has 0 radical (unpaired) electrons. The van der Waals surface area contributed by atoms with Gasteiger partial charge in [-0.2, -0.15) is 26.3 Å². The Hall–Kier alpha value is -3.04. The maximum atomic E-state index is 13.4. The van der Waals surface area contributed by atoms with Gasteiger partial charge in [0.2, 0.25) is 5.91 Å². The molecule has 1 aliphatic heterocycles. The molecule has 1 fully saturated rings. The van der Waals surface area contributed by atoms with E-state index in [1.165, 1.54) is 17.0 Å². The van der Waals surface area contributed by atoms with Gasteiger partial charge in [-0.3, -0.25) is 14.5 Å². The van der Waals surface area contributed by atoms with Crippen LogP contribution in [0.2, 0.25) is 0 Å². The van der Waals surface area contributed by atoms with Crippen LogP contribution >= 0.6 is 0 Å². The molecule has 0 bridgehead atoms. The highest BCUT2D eigenvalue weighted by molar-refractivity contribution is 6.07. The highest BCUT2D eigenvalue weighted by Crippen LogP contribution is 2.35. The summed E-state index contributed by atoms with van der Waals surface area (Å²) in [4.78, 5) is 27.1. The molecule has 30 heavy (non-hydrogen) atoms. The van der Waals surface area contributed by atoms with Gasteiger partial charge in [0.1, 0.15) is 6.67 Å². The van der Waals surface area contributed by atoms with E-state index in [2.05, 4.69) is 0 Å². The van der Waals surface area contributed by atoms with Gasteiger partial charge in [-0.1, -0.05) is 18.2 Å². The Morgan fingerprint density at radius 2 is 1.67 bits per heavy atom. The molecule has 0 aliphatic carbocycles. The van der Waals surface area contributed by atoms with Crippen LogP contribution in [-0.4, -0.2) is 29.9 Å². The van der Waals surface area contributed by atoms with Crippen LogP contribution in [-0.2, 0) is 17.1 Å². The number of anilines is 1. The van der Waals surface area contributed by atoms with E-state index in [0.29, 0.717) is 12.5 Å². The van der Waals surface area contributed by atoms with Crippen molar-refractivity contribution in [2.75, 3.05) is 18.1 Å². The number of alkyl halides is 6.